The predicted molar refractivity (Wildman–Crippen MR) is 57.7 cm³/mol. The second-order valence-corrected chi connectivity index (χ2v) is 4.20. The molecule has 0 saturated carbocycles. The molecule has 0 aliphatic rings. The molecule has 0 aromatic rings. The van der Waals surface area contributed by atoms with Crippen LogP contribution in [0.5, 0.6) is 0 Å². The van der Waals surface area contributed by atoms with Crippen molar-refractivity contribution in [2.45, 2.75) is 33.7 Å². The van der Waals surface area contributed by atoms with Crippen molar-refractivity contribution in [3.8, 4) is 0 Å². The Bertz CT molecular complexity index is 227. The van der Waals surface area contributed by atoms with Gasteiger partial charge < -0.3 is 15.3 Å². The van der Waals surface area contributed by atoms with Gasteiger partial charge in [0, 0.05) is 12.6 Å². The molecule has 0 saturated heterocycles. The SMILES string of the molecule is CC(C)CNC(=O)N(CC(=O)O)C(C)C. The van der Waals surface area contributed by atoms with E-state index in [-0.39, 0.29) is 18.6 Å². The Balaban J connectivity index is 4.23. The molecule has 0 bridgehead atoms. The van der Waals surface area contributed by atoms with Crippen molar-refractivity contribution >= 4 is 12.0 Å². The number of rotatable bonds is 5. The molecular weight excluding hydrogens is 196 g/mol. The van der Waals surface area contributed by atoms with Crippen molar-refractivity contribution in [2.75, 3.05) is 13.1 Å². The van der Waals surface area contributed by atoms with Crippen LogP contribution in [-0.4, -0.2) is 41.1 Å². The van der Waals surface area contributed by atoms with Gasteiger partial charge in [-0.15, -0.1) is 0 Å². The molecule has 88 valence electrons. The van der Waals surface area contributed by atoms with E-state index in [1.54, 1.807) is 13.8 Å². The molecule has 0 aliphatic heterocycles. The van der Waals surface area contributed by atoms with E-state index in [1.165, 1.54) is 4.90 Å². The van der Waals surface area contributed by atoms with E-state index in [1.807, 2.05) is 13.8 Å². The first-order valence-electron chi connectivity index (χ1n) is 5.10. The first-order chi connectivity index (χ1) is 6.84. The maximum Gasteiger partial charge on any atom is 0.323 e. The van der Waals surface area contributed by atoms with Crippen LogP contribution in [-0.2, 0) is 4.79 Å². The predicted octanol–water partition coefficient (Wildman–Crippen LogP) is 1.15. The fourth-order valence-corrected chi connectivity index (χ4v) is 1.03. The van der Waals surface area contributed by atoms with Gasteiger partial charge in [-0.25, -0.2) is 4.79 Å². The molecule has 0 unspecified atom stereocenters. The van der Waals surface area contributed by atoms with E-state index < -0.39 is 5.97 Å². The van der Waals surface area contributed by atoms with Crippen LogP contribution in [0.15, 0.2) is 0 Å². The van der Waals surface area contributed by atoms with Crippen LogP contribution in [0, 0.1) is 5.92 Å². The number of urea groups is 1. The monoisotopic (exact) mass is 216 g/mol. The zero-order valence-electron chi connectivity index (χ0n) is 9.78. The van der Waals surface area contributed by atoms with Crippen molar-refractivity contribution in [3.63, 3.8) is 0 Å². The summed E-state index contributed by atoms with van der Waals surface area (Å²) in [4.78, 5) is 23.4. The van der Waals surface area contributed by atoms with Crippen LogP contribution in [0.25, 0.3) is 0 Å². The zero-order valence-corrected chi connectivity index (χ0v) is 9.78. The van der Waals surface area contributed by atoms with Crippen LogP contribution in [0.3, 0.4) is 0 Å². The van der Waals surface area contributed by atoms with Crippen LogP contribution < -0.4 is 5.32 Å². The normalized spacial score (nSPS) is 10.5. The summed E-state index contributed by atoms with van der Waals surface area (Å²) in [5.41, 5.74) is 0. The lowest BCUT2D eigenvalue weighted by Gasteiger charge is -2.25. The van der Waals surface area contributed by atoms with Crippen LogP contribution in [0.4, 0.5) is 4.79 Å². The molecule has 0 spiro atoms. The highest BCUT2D eigenvalue weighted by atomic mass is 16.4. The minimum absolute atomic E-state index is 0.117. The van der Waals surface area contributed by atoms with E-state index in [4.69, 9.17) is 5.11 Å². The second kappa shape index (κ2) is 6.27. The van der Waals surface area contributed by atoms with Gasteiger partial charge in [-0.1, -0.05) is 13.8 Å². The summed E-state index contributed by atoms with van der Waals surface area (Å²) in [6, 6.07) is -0.436. The van der Waals surface area contributed by atoms with Crippen molar-refractivity contribution in [1.29, 1.82) is 0 Å². The molecule has 2 N–H and O–H groups in total. The summed E-state index contributed by atoms with van der Waals surface area (Å²) in [6.07, 6.45) is 0. The van der Waals surface area contributed by atoms with Crippen LogP contribution in [0.1, 0.15) is 27.7 Å². The first kappa shape index (κ1) is 13.7. The molecule has 0 atom stereocenters. The largest absolute Gasteiger partial charge is 0.480 e. The average molecular weight is 216 g/mol. The molecule has 0 aromatic carbocycles. The third-order valence-corrected chi connectivity index (χ3v) is 1.85. The molecule has 0 aromatic heterocycles. The minimum Gasteiger partial charge on any atom is -0.480 e. The summed E-state index contributed by atoms with van der Waals surface area (Å²) in [6.45, 7) is 7.84. The van der Waals surface area contributed by atoms with Crippen LogP contribution in [0.2, 0.25) is 0 Å². The van der Waals surface area contributed by atoms with Crippen molar-refractivity contribution in [3.05, 3.63) is 0 Å². The molecular formula is C10H20N2O3. The number of carboxylic acids is 1. The lowest BCUT2D eigenvalue weighted by atomic mass is 10.2. The maximum absolute atomic E-state index is 11.6. The number of hydrogen-bond acceptors (Lipinski definition) is 2. The molecule has 0 rings (SSSR count). The Morgan fingerprint density at radius 3 is 2.13 bits per heavy atom. The van der Waals surface area contributed by atoms with E-state index in [0.717, 1.165) is 0 Å². The topological polar surface area (TPSA) is 69.6 Å². The number of carbonyl (C=O) groups excluding carboxylic acids is 1. The number of nitrogens with one attached hydrogen (secondary N) is 1. The fraction of sp³-hybridized carbons (Fsp3) is 0.800. The van der Waals surface area contributed by atoms with Gasteiger partial charge in [0.2, 0.25) is 0 Å². The number of aliphatic carboxylic acids is 1. The van der Waals surface area contributed by atoms with Gasteiger partial charge in [0.25, 0.3) is 0 Å². The maximum atomic E-state index is 11.6. The van der Waals surface area contributed by atoms with E-state index in [9.17, 15) is 9.59 Å². The van der Waals surface area contributed by atoms with Gasteiger partial charge in [-0.05, 0) is 19.8 Å². The van der Waals surface area contributed by atoms with Gasteiger partial charge in [-0.3, -0.25) is 4.79 Å². The molecule has 0 radical (unpaired) electrons. The molecule has 5 heteroatoms. The molecule has 0 heterocycles. The molecule has 0 fully saturated rings. The van der Waals surface area contributed by atoms with E-state index >= 15 is 0 Å². The third-order valence-electron chi connectivity index (χ3n) is 1.85. The smallest absolute Gasteiger partial charge is 0.323 e. The average Bonchev–Trinajstić information content (AvgIpc) is 2.09. The van der Waals surface area contributed by atoms with Crippen molar-refractivity contribution in [2.24, 2.45) is 5.92 Å². The Morgan fingerprint density at radius 1 is 1.27 bits per heavy atom. The summed E-state index contributed by atoms with van der Waals surface area (Å²) < 4.78 is 0. The van der Waals surface area contributed by atoms with Crippen LogP contribution >= 0.6 is 0 Å². The third kappa shape index (κ3) is 5.93. The van der Waals surface area contributed by atoms with Gasteiger partial charge in [-0.2, -0.15) is 0 Å². The molecule has 0 aliphatic carbocycles. The standard InChI is InChI=1S/C10H20N2O3/c1-7(2)5-11-10(15)12(8(3)4)6-9(13)14/h7-8H,5-6H2,1-4H3,(H,11,15)(H,13,14). The number of carbonyl (C=O) groups is 2. The number of nitrogens with zero attached hydrogens (tertiary/aromatic N) is 1. The number of hydrogen-bond donors (Lipinski definition) is 2. The molecule has 2 amide bonds. The Morgan fingerprint density at radius 2 is 1.80 bits per heavy atom. The summed E-state index contributed by atoms with van der Waals surface area (Å²) in [7, 11) is 0. The Labute approximate surface area is 90.5 Å². The highest BCUT2D eigenvalue weighted by molar-refractivity contribution is 5.80. The lowest BCUT2D eigenvalue weighted by molar-refractivity contribution is -0.138. The van der Waals surface area contributed by atoms with Gasteiger partial charge in [0.1, 0.15) is 6.54 Å². The van der Waals surface area contributed by atoms with E-state index in [2.05, 4.69) is 5.32 Å². The zero-order chi connectivity index (χ0) is 12.0. The molecule has 15 heavy (non-hydrogen) atoms. The Hall–Kier alpha value is -1.26. The first-order valence-corrected chi connectivity index (χ1v) is 5.10. The highest BCUT2D eigenvalue weighted by Gasteiger charge is 2.19. The van der Waals surface area contributed by atoms with Crippen molar-refractivity contribution in [1.82, 2.24) is 10.2 Å². The number of amides is 2. The summed E-state index contributed by atoms with van der Waals surface area (Å²) >= 11 is 0. The highest BCUT2D eigenvalue weighted by Crippen LogP contribution is 1.99. The summed E-state index contributed by atoms with van der Waals surface area (Å²) in [5, 5.41) is 11.3. The van der Waals surface area contributed by atoms with E-state index in [0.29, 0.717) is 12.5 Å². The van der Waals surface area contributed by atoms with Gasteiger partial charge in [0.15, 0.2) is 0 Å². The number of carboxylic acid groups (broad SMARTS) is 1. The minimum atomic E-state index is -0.997. The second-order valence-electron chi connectivity index (χ2n) is 4.20. The van der Waals surface area contributed by atoms with Gasteiger partial charge >= 0.3 is 12.0 Å². The molecule has 5 nitrogen and oxygen atoms in total. The van der Waals surface area contributed by atoms with Gasteiger partial charge in [0.05, 0.1) is 0 Å². The summed E-state index contributed by atoms with van der Waals surface area (Å²) in [5.74, 6) is -0.642. The quantitative estimate of drug-likeness (QED) is 0.724. The fourth-order valence-electron chi connectivity index (χ4n) is 1.03. The van der Waals surface area contributed by atoms with Crippen molar-refractivity contribution < 1.29 is 14.7 Å². The Kier molecular flexibility index (Phi) is 5.74. The lowest BCUT2D eigenvalue weighted by Crippen LogP contribution is -2.47.